The summed E-state index contributed by atoms with van der Waals surface area (Å²) < 4.78 is 34.6. The van der Waals surface area contributed by atoms with Crippen LogP contribution in [0, 0.1) is 0 Å². The molecule has 2 rings (SSSR count). The van der Waals surface area contributed by atoms with Crippen LogP contribution in [-0.2, 0) is 9.53 Å². The first-order valence-electron chi connectivity index (χ1n) is 6.72. The second kappa shape index (κ2) is 8.39. The molecule has 0 aliphatic carbocycles. The van der Waals surface area contributed by atoms with Crippen molar-refractivity contribution in [3.05, 3.63) is 58.6 Å². The van der Waals surface area contributed by atoms with Crippen LogP contribution in [0.3, 0.4) is 0 Å². The molecule has 0 aliphatic heterocycles. The van der Waals surface area contributed by atoms with Crippen molar-refractivity contribution in [3.8, 4) is 5.75 Å². The third-order valence-corrected chi connectivity index (χ3v) is 3.32. The molecule has 2 aromatic rings. The molecule has 5 nitrogen and oxygen atoms in total. The van der Waals surface area contributed by atoms with E-state index in [9.17, 15) is 18.4 Å². The van der Waals surface area contributed by atoms with E-state index >= 15 is 0 Å². The number of alkyl halides is 2. The molecule has 1 N–H and O–H groups in total. The highest BCUT2D eigenvalue weighted by atomic mass is 79.9. The Kier molecular flexibility index (Phi) is 6.25. The first kappa shape index (κ1) is 17.9. The van der Waals surface area contributed by atoms with E-state index in [0.29, 0.717) is 0 Å². The second-order valence-corrected chi connectivity index (χ2v) is 5.42. The van der Waals surface area contributed by atoms with Gasteiger partial charge in [0.15, 0.2) is 6.61 Å². The third-order valence-electron chi connectivity index (χ3n) is 2.79. The van der Waals surface area contributed by atoms with Gasteiger partial charge in [-0.2, -0.15) is 8.78 Å². The van der Waals surface area contributed by atoms with Crippen LogP contribution in [-0.4, -0.2) is 25.1 Å². The molecule has 0 saturated carbocycles. The zero-order chi connectivity index (χ0) is 17.5. The van der Waals surface area contributed by atoms with Gasteiger partial charge in [0.25, 0.3) is 5.91 Å². The van der Waals surface area contributed by atoms with Gasteiger partial charge in [-0.15, -0.1) is 0 Å². The zero-order valence-electron chi connectivity index (χ0n) is 12.2. The molecule has 126 valence electrons. The van der Waals surface area contributed by atoms with Crippen LogP contribution in [0.25, 0.3) is 0 Å². The lowest BCUT2D eigenvalue weighted by Crippen LogP contribution is -2.21. The Hall–Kier alpha value is -2.48. The first-order valence-corrected chi connectivity index (χ1v) is 7.51. The molecule has 0 aliphatic rings. The minimum atomic E-state index is -3.02. The average molecular weight is 400 g/mol. The Balaban J connectivity index is 1.92. The van der Waals surface area contributed by atoms with Crippen molar-refractivity contribution >= 4 is 33.5 Å². The lowest BCUT2D eigenvalue weighted by atomic mass is 10.2. The van der Waals surface area contributed by atoms with Gasteiger partial charge >= 0.3 is 12.6 Å². The van der Waals surface area contributed by atoms with E-state index in [4.69, 9.17) is 4.74 Å². The number of carbonyl (C=O) groups excluding carboxylic acids is 2. The summed E-state index contributed by atoms with van der Waals surface area (Å²) in [7, 11) is 0. The van der Waals surface area contributed by atoms with Gasteiger partial charge in [-0.05, 0) is 36.4 Å². The normalized spacial score (nSPS) is 10.3. The fourth-order valence-corrected chi connectivity index (χ4v) is 2.02. The maximum Gasteiger partial charge on any atom is 0.387 e. The van der Waals surface area contributed by atoms with E-state index in [1.807, 2.05) is 0 Å². The van der Waals surface area contributed by atoms with Crippen molar-refractivity contribution in [2.45, 2.75) is 6.61 Å². The fraction of sp³-hybridized carbons (Fsp3) is 0.125. The predicted octanol–water partition coefficient (Wildman–Crippen LogP) is 3.85. The molecule has 24 heavy (non-hydrogen) atoms. The number of ether oxygens (including phenoxy) is 2. The van der Waals surface area contributed by atoms with E-state index in [0.717, 1.165) is 4.47 Å². The SMILES string of the molecule is O=C(COC(=O)c1ccc(Br)cc1)Nc1ccccc1OC(F)F. The van der Waals surface area contributed by atoms with Crippen LogP contribution < -0.4 is 10.1 Å². The molecule has 0 saturated heterocycles. The molecule has 0 fully saturated rings. The highest BCUT2D eigenvalue weighted by Crippen LogP contribution is 2.25. The molecule has 0 bridgehead atoms. The van der Waals surface area contributed by atoms with Crippen molar-refractivity contribution in [2.75, 3.05) is 11.9 Å². The van der Waals surface area contributed by atoms with Crippen LogP contribution >= 0.6 is 15.9 Å². The standard InChI is InChI=1S/C16H12BrF2NO4/c17-11-7-5-10(6-8-11)15(22)23-9-14(21)20-12-3-1-2-4-13(12)24-16(18)19/h1-8,16H,9H2,(H,20,21). The molecule has 0 aromatic heterocycles. The molecule has 0 heterocycles. The van der Waals surface area contributed by atoms with Crippen LogP contribution in [0.2, 0.25) is 0 Å². The number of nitrogens with one attached hydrogen (secondary N) is 1. The van der Waals surface area contributed by atoms with Gasteiger partial charge < -0.3 is 14.8 Å². The van der Waals surface area contributed by atoms with Crippen LogP contribution in [0.15, 0.2) is 53.0 Å². The topological polar surface area (TPSA) is 64.6 Å². The maximum atomic E-state index is 12.3. The Morgan fingerprint density at radius 3 is 2.42 bits per heavy atom. The third kappa shape index (κ3) is 5.31. The summed E-state index contributed by atoms with van der Waals surface area (Å²) in [5.74, 6) is -1.53. The quantitative estimate of drug-likeness (QED) is 0.749. The molecule has 2 aromatic carbocycles. The van der Waals surface area contributed by atoms with E-state index in [2.05, 4.69) is 26.0 Å². The number of benzene rings is 2. The Labute approximate surface area is 144 Å². The van der Waals surface area contributed by atoms with Gasteiger partial charge in [-0.3, -0.25) is 4.79 Å². The van der Waals surface area contributed by atoms with Crippen molar-refractivity contribution in [2.24, 2.45) is 0 Å². The van der Waals surface area contributed by atoms with Crippen molar-refractivity contribution in [1.29, 1.82) is 0 Å². The molecule has 0 unspecified atom stereocenters. The molecule has 0 spiro atoms. The second-order valence-electron chi connectivity index (χ2n) is 4.51. The smallest absolute Gasteiger partial charge is 0.387 e. The summed E-state index contributed by atoms with van der Waals surface area (Å²) in [4.78, 5) is 23.6. The Morgan fingerprint density at radius 2 is 1.75 bits per heavy atom. The average Bonchev–Trinajstić information content (AvgIpc) is 2.54. The van der Waals surface area contributed by atoms with Gasteiger partial charge in [0.05, 0.1) is 11.3 Å². The fourth-order valence-electron chi connectivity index (χ4n) is 1.76. The van der Waals surface area contributed by atoms with Gasteiger partial charge in [0.2, 0.25) is 0 Å². The van der Waals surface area contributed by atoms with E-state index < -0.39 is 25.1 Å². The van der Waals surface area contributed by atoms with Gasteiger partial charge in [-0.1, -0.05) is 28.1 Å². The lowest BCUT2D eigenvalue weighted by molar-refractivity contribution is -0.119. The number of halogens is 3. The minimum absolute atomic E-state index is 0.0579. The molecule has 0 atom stereocenters. The lowest BCUT2D eigenvalue weighted by Gasteiger charge is -2.11. The van der Waals surface area contributed by atoms with E-state index in [-0.39, 0.29) is 17.0 Å². The number of para-hydroxylation sites is 2. The van der Waals surface area contributed by atoms with E-state index in [1.54, 1.807) is 18.2 Å². The van der Waals surface area contributed by atoms with Crippen LogP contribution in [0.5, 0.6) is 5.75 Å². The Bertz CT molecular complexity index is 722. The first-order chi connectivity index (χ1) is 11.5. The number of rotatable bonds is 6. The number of hydrogen-bond acceptors (Lipinski definition) is 4. The Morgan fingerprint density at radius 1 is 1.08 bits per heavy atom. The maximum absolute atomic E-state index is 12.3. The molecular weight excluding hydrogens is 388 g/mol. The largest absolute Gasteiger partial charge is 0.452 e. The predicted molar refractivity (Wildman–Crippen MR) is 86.1 cm³/mol. The number of esters is 1. The molecule has 8 heteroatoms. The molecule has 1 amide bonds. The number of anilines is 1. The number of amides is 1. The number of carbonyl (C=O) groups is 2. The van der Waals surface area contributed by atoms with E-state index in [1.165, 1.54) is 30.3 Å². The van der Waals surface area contributed by atoms with Crippen LogP contribution in [0.4, 0.5) is 14.5 Å². The van der Waals surface area contributed by atoms with Gasteiger partial charge in [0, 0.05) is 4.47 Å². The monoisotopic (exact) mass is 399 g/mol. The van der Waals surface area contributed by atoms with Crippen molar-refractivity contribution in [1.82, 2.24) is 0 Å². The molecular formula is C16H12BrF2NO4. The highest BCUT2D eigenvalue weighted by molar-refractivity contribution is 9.10. The number of hydrogen-bond donors (Lipinski definition) is 1. The minimum Gasteiger partial charge on any atom is -0.452 e. The van der Waals surface area contributed by atoms with Crippen molar-refractivity contribution < 1.29 is 27.8 Å². The summed E-state index contributed by atoms with van der Waals surface area (Å²) in [6.07, 6.45) is 0. The summed E-state index contributed by atoms with van der Waals surface area (Å²) in [6.45, 7) is -3.57. The highest BCUT2D eigenvalue weighted by Gasteiger charge is 2.13. The summed E-state index contributed by atoms with van der Waals surface area (Å²) in [6, 6.07) is 12.1. The summed E-state index contributed by atoms with van der Waals surface area (Å²) in [5.41, 5.74) is 0.343. The van der Waals surface area contributed by atoms with Crippen LogP contribution in [0.1, 0.15) is 10.4 Å². The zero-order valence-corrected chi connectivity index (χ0v) is 13.8. The van der Waals surface area contributed by atoms with Crippen molar-refractivity contribution in [3.63, 3.8) is 0 Å². The van der Waals surface area contributed by atoms with Gasteiger partial charge in [-0.25, -0.2) is 4.79 Å². The van der Waals surface area contributed by atoms with Gasteiger partial charge in [0.1, 0.15) is 5.75 Å². The summed E-state index contributed by atoms with van der Waals surface area (Å²) >= 11 is 3.24. The molecule has 0 radical (unpaired) electrons. The summed E-state index contributed by atoms with van der Waals surface area (Å²) in [5, 5.41) is 2.35.